The van der Waals surface area contributed by atoms with Crippen molar-refractivity contribution < 1.29 is 0 Å². The highest BCUT2D eigenvalue weighted by atomic mass is 79.9. The third-order valence-electron chi connectivity index (χ3n) is 10.2. The van der Waals surface area contributed by atoms with E-state index in [0.717, 1.165) is 21.5 Å². The number of benzene rings is 8. The van der Waals surface area contributed by atoms with E-state index in [9.17, 15) is 0 Å². The number of nitrogens with zero attached hydrogens (tertiary/aromatic N) is 1. The Morgan fingerprint density at radius 3 is 1.39 bits per heavy atom. The minimum absolute atomic E-state index is 0.431. The maximum Gasteiger partial charge on any atom is 0.0713 e. The average molecular weight is 717 g/mol. The molecule has 0 heterocycles. The van der Waals surface area contributed by atoms with Gasteiger partial charge in [-0.05, 0) is 98.1 Å². The molecule has 1 aliphatic rings. The Labute approximate surface area is 308 Å². The molecular weight excluding hydrogens is 682 g/mol. The van der Waals surface area contributed by atoms with Crippen molar-refractivity contribution in [3.05, 3.63) is 233 Å². The van der Waals surface area contributed by atoms with Gasteiger partial charge in [0, 0.05) is 21.5 Å². The van der Waals surface area contributed by atoms with Crippen LogP contribution in [0.2, 0.25) is 0 Å². The predicted molar refractivity (Wildman–Crippen MR) is 217 cm³/mol. The number of fused-ring (bicyclic) bond motifs is 3. The van der Waals surface area contributed by atoms with Gasteiger partial charge in [-0.3, -0.25) is 0 Å². The van der Waals surface area contributed by atoms with Crippen LogP contribution in [0.1, 0.15) is 22.3 Å². The highest BCUT2D eigenvalue weighted by Gasteiger charge is 2.46. The van der Waals surface area contributed by atoms with Gasteiger partial charge in [0.15, 0.2) is 0 Å². The van der Waals surface area contributed by atoms with Crippen LogP contribution in [0.3, 0.4) is 0 Å². The number of halogens is 1. The monoisotopic (exact) mass is 715 g/mol. The first-order valence-electron chi connectivity index (χ1n) is 17.4. The summed E-state index contributed by atoms with van der Waals surface area (Å²) >= 11 is 3.75. The zero-order valence-electron chi connectivity index (χ0n) is 28.0. The Balaban J connectivity index is 1.23. The minimum atomic E-state index is -0.431. The quantitative estimate of drug-likeness (QED) is 0.159. The van der Waals surface area contributed by atoms with Crippen molar-refractivity contribution in [2.75, 3.05) is 4.90 Å². The van der Waals surface area contributed by atoms with Gasteiger partial charge in [0.05, 0.1) is 5.41 Å². The van der Waals surface area contributed by atoms with E-state index >= 15 is 0 Å². The second-order valence-electron chi connectivity index (χ2n) is 13.0. The molecule has 0 saturated heterocycles. The molecule has 9 rings (SSSR count). The fourth-order valence-electron chi connectivity index (χ4n) is 7.94. The fraction of sp³-hybridized carbons (Fsp3) is 0.0204. The van der Waals surface area contributed by atoms with Gasteiger partial charge >= 0.3 is 0 Å². The molecule has 0 aromatic heterocycles. The van der Waals surface area contributed by atoms with E-state index in [4.69, 9.17) is 0 Å². The molecule has 0 N–H and O–H groups in total. The van der Waals surface area contributed by atoms with Crippen molar-refractivity contribution in [3.63, 3.8) is 0 Å². The van der Waals surface area contributed by atoms with Crippen molar-refractivity contribution in [1.82, 2.24) is 0 Å². The third-order valence-corrected chi connectivity index (χ3v) is 10.9. The summed E-state index contributed by atoms with van der Waals surface area (Å²) in [7, 11) is 0. The molecule has 1 nitrogen and oxygen atoms in total. The summed E-state index contributed by atoms with van der Waals surface area (Å²) in [6.45, 7) is 0. The average Bonchev–Trinajstić information content (AvgIpc) is 3.50. The topological polar surface area (TPSA) is 3.24 Å². The first-order valence-corrected chi connectivity index (χ1v) is 18.2. The van der Waals surface area contributed by atoms with Gasteiger partial charge < -0.3 is 4.90 Å². The summed E-state index contributed by atoms with van der Waals surface area (Å²) in [4.78, 5) is 2.38. The van der Waals surface area contributed by atoms with E-state index in [1.165, 1.54) is 55.6 Å². The Hall–Kier alpha value is -5.96. The maximum absolute atomic E-state index is 3.75. The molecule has 0 radical (unpaired) electrons. The summed E-state index contributed by atoms with van der Waals surface area (Å²) in [6.07, 6.45) is 0. The van der Waals surface area contributed by atoms with Crippen LogP contribution in [0.15, 0.2) is 211 Å². The Morgan fingerprint density at radius 1 is 0.333 bits per heavy atom. The molecule has 0 fully saturated rings. The lowest BCUT2D eigenvalue weighted by molar-refractivity contribution is 0.768. The molecular formula is C49H34BrN. The lowest BCUT2D eigenvalue weighted by Gasteiger charge is -2.34. The van der Waals surface area contributed by atoms with Crippen molar-refractivity contribution in [2.24, 2.45) is 0 Å². The minimum Gasteiger partial charge on any atom is -0.310 e. The van der Waals surface area contributed by atoms with Crippen molar-refractivity contribution in [2.45, 2.75) is 5.41 Å². The standard InChI is InChI=1S/C49H34BrN/c50-48-23-13-11-20-43(48)37-26-30-41(31-27-37)51(40-28-24-36(25-29-40)35-14-4-1-5-15-35)42-32-33-47-45(34-42)44-21-10-12-22-46(44)49(47,38-16-6-2-7-17-38)39-18-8-3-9-19-39/h1-34H. The molecule has 2 heteroatoms. The van der Waals surface area contributed by atoms with Crippen LogP contribution in [-0.4, -0.2) is 0 Å². The molecule has 242 valence electrons. The van der Waals surface area contributed by atoms with E-state index in [-0.39, 0.29) is 0 Å². The first-order chi connectivity index (χ1) is 25.2. The van der Waals surface area contributed by atoms with Gasteiger partial charge in [0.2, 0.25) is 0 Å². The Kier molecular flexibility index (Phi) is 7.95. The van der Waals surface area contributed by atoms with Crippen LogP contribution in [-0.2, 0) is 5.41 Å². The first kappa shape index (κ1) is 31.1. The molecule has 51 heavy (non-hydrogen) atoms. The largest absolute Gasteiger partial charge is 0.310 e. The van der Waals surface area contributed by atoms with Crippen molar-refractivity contribution in [3.8, 4) is 33.4 Å². The van der Waals surface area contributed by atoms with E-state index in [1.54, 1.807) is 0 Å². The second kappa shape index (κ2) is 13.1. The van der Waals surface area contributed by atoms with E-state index in [2.05, 4.69) is 227 Å². The summed E-state index contributed by atoms with van der Waals surface area (Å²) in [5.41, 5.74) is 15.3. The molecule has 0 spiro atoms. The third kappa shape index (κ3) is 5.31. The lowest BCUT2D eigenvalue weighted by Crippen LogP contribution is -2.28. The molecule has 8 aromatic rings. The fourth-order valence-corrected chi connectivity index (χ4v) is 8.46. The van der Waals surface area contributed by atoms with Crippen LogP contribution in [0.25, 0.3) is 33.4 Å². The normalized spacial score (nSPS) is 12.6. The molecule has 1 aliphatic carbocycles. The highest BCUT2D eigenvalue weighted by molar-refractivity contribution is 9.10. The molecule has 0 amide bonds. The van der Waals surface area contributed by atoms with Crippen LogP contribution in [0, 0.1) is 0 Å². The molecule has 0 unspecified atom stereocenters. The summed E-state index contributed by atoms with van der Waals surface area (Å²) in [5, 5.41) is 0. The van der Waals surface area contributed by atoms with Crippen LogP contribution in [0.4, 0.5) is 17.1 Å². The number of hydrogen-bond donors (Lipinski definition) is 0. The number of hydrogen-bond acceptors (Lipinski definition) is 1. The molecule has 0 aliphatic heterocycles. The number of anilines is 3. The van der Waals surface area contributed by atoms with Gasteiger partial charge in [-0.1, -0.05) is 180 Å². The molecule has 0 saturated carbocycles. The van der Waals surface area contributed by atoms with Gasteiger partial charge in [-0.2, -0.15) is 0 Å². The van der Waals surface area contributed by atoms with Crippen LogP contribution >= 0.6 is 15.9 Å². The lowest BCUT2D eigenvalue weighted by atomic mass is 9.68. The summed E-state index contributed by atoms with van der Waals surface area (Å²) in [6, 6.07) is 74.8. The van der Waals surface area contributed by atoms with E-state index in [0.29, 0.717) is 0 Å². The zero-order chi connectivity index (χ0) is 34.2. The van der Waals surface area contributed by atoms with E-state index in [1.807, 2.05) is 0 Å². The molecule has 8 aromatic carbocycles. The second-order valence-corrected chi connectivity index (χ2v) is 13.9. The van der Waals surface area contributed by atoms with Gasteiger partial charge in [-0.25, -0.2) is 0 Å². The van der Waals surface area contributed by atoms with Gasteiger partial charge in [-0.15, -0.1) is 0 Å². The SMILES string of the molecule is Brc1ccccc1-c1ccc(N(c2ccc(-c3ccccc3)cc2)c2ccc3c(c2)-c2ccccc2C3(c2ccccc2)c2ccccc2)cc1. The maximum atomic E-state index is 3.75. The van der Waals surface area contributed by atoms with E-state index < -0.39 is 5.41 Å². The number of rotatable bonds is 7. The molecule has 0 atom stereocenters. The van der Waals surface area contributed by atoms with Crippen LogP contribution < -0.4 is 4.90 Å². The Morgan fingerprint density at radius 2 is 0.784 bits per heavy atom. The van der Waals surface area contributed by atoms with Crippen molar-refractivity contribution >= 4 is 33.0 Å². The predicted octanol–water partition coefficient (Wildman–Crippen LogP) is 13.6. The summed E-state index contributed by atoms with van der Waals surface area (Å²) in [5.74, 6) is 0. The zero-order valence-corrected chi connectivity index (χ0v) is 29.5. The van der Waals surface area contributed by atoms with Gasteiger partial charge in [0.1, 0.15) is 0 Å². The smallest absolute Gasteiger partial charge is 0.0713 e. The van der Waals surface area contributed by atoms with Crippen LogP contribution in [0.5, 0.6) is 0 Å². The molecule has 0 bridgehead atoms. The highest BCUT2D eigenvalue weighted by Crippen LogP contribution is 2.57. The summed E-state index contributed by atoms with van der Waals surface area (Å²) < 4.78 is 1.09. The Bertz CT molecular complexity index is 2410. The van der Waals surface area contributed by atoms with Crippen molar-refractivity contribution in [1.29, 1.82) is 0 Å². The van der Waals surface area contributed by atoms with Gasteiger partial charge in [0.25, 0.3) is 0 Å².